The van der Waals surface area contributed by atoms with Gasteiger partial charge in [0.15, 0.2) is 0 Å². The van der Waals surface area contributed by atoms with Crippen molar-refractivity contribution < 1.29 is 18.0 Å². The molecule has 0 fully saturated rings. The van der Waals surface area contributed by atoms with E-state index in [1.54, 1.807) is 13.0 Å². The molecular formula is C16H23F3N2O. The van der Waals surface area contributed by atoms with Gasteiger partial charge >= 0.3 is 6.18 Å². The van der Waals surface area contributed by atoms with Crippen LogP contribution in [0.1, 0.15) is 31.9 Å². The van der Waals surface area contributed by atoms with Crippen molar-refractivity contribution in [3.63, 3.8) is 0 Å². The zero-order valence-electron chi connectivity index (χ0n) is 13.3. The predicted octanol–water partition coefficient (Wildman–Crippen LogP) is 3.98. The monoisotopic (exact) mass is 316 g/mol. The molecule has 124 valence electrons. The molecule has 0 saturated carbocycles. The van der Waals surface area contributed by atoms with Gasteiger partial charge in [0.25, 0.3) is 0 Å². The first-order valence-electron chi connectivity index (χ1n) is 7.40. The number of oxime groups is 1. The van der Waals surface area contributed by atoms with E-state index >= 15 is 0 Å². The second kappa shape index (κ2) is 8.78. The van der Waals surface area contributed by atoms with Crippen molar-refractivity contribution in [3.05, 3.63) is 35.4 Å². The maximum Gasteiger partial charge on any atom is 0.416 e. The average molecular weight is 316 g/mol. The van der Waals surface area contributed by atoms with E-state index in [1.807, 2.05) is 0 Å². The Morgan fingerprint density at radius 3 is 2.50 bits per heavy atom. The standard InChI is InChI=1S/C16H23F3N2O/c1-4-21(5-2)9-10-22-20-13(3)11-14-7-6-8-15(12-14)16(17,18)19/h6-8,12H,4-5,9-11H2,1-3H3/b20-13+. The molecule has 0 heterocycles. The second-order valence-corrected chi connectivity index (χ2v) is 5.06. The van der Waals surface area contributed by atoms with Gasteiger partial charge in [0.1, 0.15) is 6.61 Å². The molecule has 0 atom stereocenters. The number of alkyl halides is 3. The van der Waals surface area contributed by atoms with Crippen molar-refractivity contribution in [2.45, 2.75) is 33.4 Å². The summed E-state index contributed by atoms with van der Waals surface area (Å²) in [5.74, 6) is 0. The van der Waals surface area contributed by atoms with Crippen molar-refractivity contribution in [2.75, 3.05) is 26.2 Å². The third-order valence-corrected chi connectivity index (χ3v) is 3.33. The van der Waals surface area contributed by atoms with Crippen molar-refractivity contribution in [1.82, 2.24) is 4.90 Å². The van der Waals surface area contributed by atoms with Gasteiger partial charge in [-0.3, -0.25) is 0 Å². The lowest BCUT2D eigenvalue weighted by molar-refractivity contribution is -0.137. The van der Waals surface area contributed by atoms with E-state index in [-0.39, 0.29) is 0 Å². The maximum atomic E-state index is 12.6. The van der Waals surface area contributed by atoms with Gasteiger partial charge in [-0.05, 0) is 31.6 Å². The Kier molecular flexibility index (Phi) is 7.38. The van der Waals surface area contributed by atoms with Crippen LogP contribution in [0.25, 0.3) is 0 Å². The fourth-order valence-electron chi connectivity index (χ4n) is 2.05. The quantitative estimate of drug-likeness (QED) is 0.412. The summed E-state index contributed by atoms with van der Waals surface area (Å²) in [6.07, 6.45) is -3.98. The Balaban J connectivity index is 2.51. The molecule has 1 rings (SSSR count). The highest BCUT2D eigenvalue weighted by molar-refractivity contribution is 5.83. The van der Waals surface area contributed by atoms with E-state index in [9.17, 15) is 13.2 Å². The lowest BCUT2D eigenvalue weighted by Gasteiger charge is -2.16. The molecule has 22 heavy (non-hydrogen) atoms. The van der Waals surface area contributed by atoms with Gasteiger partial charge < -0.3 is 9.74 Å². The molecule has 0 unspecified atom stereocenters. The molecule has 0 bridgehead atoms. The summed E-state index contributed by atoms with van der Waals surface area (Å²) < 4.78 is 37.9. The zero-order valence-corrected chi connectivity index (χ0v) is 13.3. The Morgan fingerprint density at radius 2 is 1.91 bits per heavy atom. The lowest BCUT2D eigenvalue weighted by atomic mass is 10.1. The third kappa shape index (κ3) is 6.47. The van der Waals surface area contributed by atoms with Crippen LogP contribution < -0.4 is 0 Å². The molecule has 0 N–H and O–H groups in total. The van der Waals surface area contributed by atoms with E-state index in [0.29, 0.717) is 24.3 Å². The van der Waals surface area contributed by atoms with Crippen LogP contribution in [0.3, 0.4) is 0 Å². The highest BCUT2D eigenvalue weighted by atomic mass is 19.4. The topological polar surface area (TPSA) is 24.8 Å². The number of nitrogens with zero attached hydrogens (tertiary/aromatic N) is 2. The van der Waals surface area contributed by atoms with E-state index in [4.69, 9.17) is 4.84 Å². The molecule has 0 saturated heterocycles. The normalized spacial score (nSPS) is 12.8. The number of likely N-dealkylation sites (N-methyl/N-ethyl adjacent to an activating group) is 1. The van der Waals surface area contributed by atoms with Crippen molar-refractivity contribution >= 4 is 5.71 Å². The van der Waals surface area contributed by atoms with Gasteiger partial charge in [0.05, 0.1) is 11.3 Å². The molecular weight excluding hydrogens is 293 g/mol. The highest BCUT2D eigenvalue weighted by Crippen LogP contribution is 2.29. The number of benzene rings is 1. The van der Waals surface area contributed by atoms with Crippen LogP contribution in [0.4, 0.5) is 13.2 Å². The van der Waals surface area contributed by atoms with Crippen molar-refractivity contribution in [1.29, 1.82) is 0 Å². The molecule has 0 radical (unpaired) electrons. The first kappa shape index (κ1) is 18.5. The van der Waals surface area contributed by atoms with Gasteiger partial charge in [0.2, 0.25) is 0 Å². The molecule has 0 aliphatic heterocycles. The SMILES string of the molecule is CCN(CC)CCO/N=C(\C)Cc1cccc(C(F)(F)F)c1. The summed E-state index contributed by atoms with van der Waals surface area (Å²) in [6, 6.07) is 5.28. The van der Waals surface area contributed by atoms with E-state index in [0.717, 1.165) is 31.8 Å². The fourth-order valence-corrected chi connectivity index (χ4v) is 2.05. The summed E-state index contributed by atoms with van der Waals surface area (Å²) in [5.41, 5.74) is 0.586. The Labute approximate surface area is 129 Å². The van der Waals surface area contributed by atoms with E-state index in [1.165, 1.54) is 6.07 Å². The molecule has 0 spiro atoms. The summed E-state index contributed by atoms with van der Waals surface area (Å²) in [6.45, 7) is 9.06. The smallest absolute Gasteiger partial charge is 0.394 e. The zero-order chi connectivity index (χ0) is 16.6. The molecule has 0 amide bonds. The first-order valence-corrected chi connectivity index (χ1v) is 7.40. The van der Waals surface area contributed by atoms with Gasteiger partial charge in [-0.15, -0.1) is 0 Å². The van der Waals surface area contributed by atoms with Crippen molar-refractivity contribution in [2.24, 2.45) is 5.16 Å². The fraction of sp³-hybridized carbons (Fsp3) is 0.562. The third-order valence-electron chi connectivity index (χ3n) is 3.33. The Bertz CT molecular complexity index is 483. The lowest BCUT2D eigenvalue weighted by Crippen LogP contribution is -2.26. The van der Waals surface area contributed by atoms with E-state index < -0.39 is 11.7 Å². The Hall–Kier alpha value is -1.56. The first-order chi connectivity index (χ1) is 10.4. The number of hydrogen-bond acceptors (Lipinski definition) is 3. The molecule has 0 aliphatic carbocycles. The van der Waals surface area contributed by atoms with Crippen molar-refractivity contribution in [3.8, 4) is 0 Å². The second-order valence-electron chi connectivity index (χ2n) is 5.06. The van der Waals surface area contributed by atoms with Gasteiger partial charge in [-0.2, -0.15) is 13.2 Å². The molecule has 0 aromatic heterocycles. The van der Waals surface area contributed by atoms with Gasteiger partial charge in [-0.1, -0.05) is 37.2 Å². The largest absolute Gasteiger partial charge is 0.416 e. The number of rotatable bonds is 8. The Morgan fingerprint density at radius 1 is 1.23 bits per heavy atom. The van der Waals surface area contributed by atoms with Crippen LogP contribution in [0.5, 0.6) is 0 Å². The summed E-state index contributed by atoms with van der Waals surface area (Å²) in [4.78, 5) is 7.43. The maximum absolute atomic E-state index is 12.6. The predicted molar refractivity (Wildman–Crippen MR) is 82.0 cm³/mol. The average Bonchev–Trinajstić information content (AvgIpc) is 2.47. The van der Waals surface area contributed by atoms with Crippen LogP contribution >= 0.6 is 0 Å². The summed E-state index contributed by atoms with van der Waals surface area (Å²) in [7, 11) is 0. The van der Waals surface area contributed by atoms with E-state index in [2.05, 4.69) is 23.9 Å². The summed E-state index contributed by atoms with van der Waals surface area (Å²) >= 11 is 0. The minimum atomic E-state index is -4.32. The van der Waals surface area contributed by atoms with Crippen LogP contribution in [-0.2, 0) is 17.4 Å². The molecule has 0 aliphatic rings. The molecule has 3 nitrogen and oxygen atoms in total. The minimum Gasteiger partial charge on any atom is -0.394 e. The number of halogens is 3. The van der Waals surface area contributed by atoms with Gasteiger partial charge in [0, 0.05) is 13.0 Å². The highest BCUT2D eigenvalue weighted by Gasteiger charge is 2.30. The van der Waals surface area contributed by atoms with Gasteiger partial charge in [-0.25, -0.2) is 0 Å². The van der Waals surface area contributed by atoms with Crippen LogP contribution in [0.15, 0.2) is 29.4 Å². The van der Waals surface area contributed by atoms with Crippen LogP contribution in [0, 0.1) is 0 Å². The van der Waals surface area contributed by atoms with Crippen LogP contribution in [-0.4, -0.2) is 36.9 Å². The molecule has 6 heteroatoms. The molecule has 1 aromatic rings. The number of hydrogen-bond donors (Lipinski definition) is 0. The van der Waals surface area contributed by atoms with Crippen LogP contribution in [0.2, 0.25) is 0 Å². The summed E-state index contributed by atoms with van der Waals surface area (Å²) in [5, 5.41) is 3.96. The molecule has 1 aromatic carbocycles. The minimum absolute atomic E-state index is 0.342.